The number of aliphatic hydroxyl groups excluding tert-OH is 1. The minimum Gasteiger partial charge on any atom is -0.480 e. The number of carboxylic acid groups (broad SMARTS) is 1. The molecule has 0 aliphatic rings. The van der Waals surface area contributed by atoms with Crippen molar-refractivity contribution in [1.29, 1.82) is 0 Å². The molecule has 0 radical (unpaired) electrons. The zero-order chi connectivity index (χ0) is 26.0. The first-order valence-electron chi connectivity index (χ1n) is 11.1. The molecule has 0 aliphatic carbocycles. The number of nitrogens with two attached hydrogens (primary N) is 1. The lowest BCUT2D eigenvalue weighted by molar-refractivity contribution is -0.143. The molecule has 4 atom stereocenters. The highest BCUT2D eigenvalue weighted by molar-refractivity contribution is 5.94. The first-order chi connectivity index (χ1) is 16.6. The minimum atomic E-state index is -1.24. The number of aliphatic carboxylic acids is 1. The third-order valence-corrected chi connectivity index (χ3v) is 5.29. The van der Waals surface area contributed by atoms with Crippen LogP contribution < -0.4 is 21.7 Å². The quantitative estimate of drug-likeness (QED) is 0.180. The normalized spacial score (nSPS) is 14.4. The number of H-pyrrole nitrogens is 1. The zero-order valence-corrected chi connectivity index (χ0v) is 19.6. The Labute approximate surface area is 202 Å². The summed E-state index contributed by atoms with van der Waals surface area (Å²) in [5.74, 6) is -3.70. The Bertz CT molecular complexity index is 982. The summed E-state index contributed by atoms with van der Waals surface area (Å²) < 4.78 is 0. The molecule has 2 rings (SSSR count). The fraction of sp³-hybridized carbons (Fsp3) is 0.435. The summed E-state index contributed by atoms with van der Waals surface area (Å²) in [4.78, 5) is 56.9. The van der Waals surface area contributed by atoms with Gasteiger partial charge in [-0.25, -0.2) is 9.78 Å². The standard InChI is InChI=1S/C23H32N6O6/c1-13(2)19(23(34)35)29-22(33)17(8-14-6-4-3-5-7-14)28-21(32)18(9-15-10-25-12-26-15)27-20(31)16(24)11-30/h3-7,10,12-13,16-19,30H,8-9,11,24H2,1-2H3,(H,25,26)(H,27,31)(H,28,32)(H,29,33)(H,34,35). The first-order valence-corrected chi connectivity index (χ1v) is 11.1. The number of nitrogens with one attached hydrogen (secondary N) is 4. The van der Waals surface area contributed by atoms with Gasteiger partial charge >= 0.3 is 5.97 Å². The molecule has 1 aromatic carbocycles. The smallest absolute Gasteiger partial charge is 0.326 e. The first kappa shape index (κ1) is 27.5. The molecule has 2 aromatic rings. The van der Waals surface area contributed by atoms with Crippen LogP contribution in [0.4, 0.5) is 0 Å². The van der Waals surface area contributed by atoms with Crippen LogP contribution in [-0.2, 0) is 32.0 Å². The Kier molecular flexibility index (Phi) is 10.4. The third-order valence-electron chi connectivity index (χ3n) is 5.29. The molecule has 0 aliphatic heterocycles. The van der Waals surface area contributed by atoms with Gasteiger partial charge in [0.1, 0.15) is 24.2 Å². The maximum absolute atomic E-state index is 13.2. The molecule has 0 saturated heterocycles. The van der Waals surface area contributed by atoms with Crippen LogP contribution in [0.1, 0.15) is 25.1 Å². The van der Waals surface area contributed by atoms with Crippen molar-refractivity contribution in [1.82, 2.24) is 25.9 Å². The van der Waals surface area contributed by atoms with Gasteiger partial charge in [-0.3, -0.25) is 14.4 Å². The van der Waals surface area contributed by atoms with E-state index >= 15 is 0 Å². The number of benzene rings is 1. The summed E-state index contributed by atoms with van der Waals surface area (Å²) in [6.07, 6.45) is 2.99. The lowest BCUT2D eigenvalue weighted by Gasteiger charge is -2.26. The number of hydrogen-bond donors (Lipinski definition) is 7. The Morgan fingerprint density at radius 2 is 1.57 bits per heavy atom. The van der Waals surface area contributed by atoms with Crippen molar-refractivity contribution in [3.8, 4) is 0 Å². The van der Waals surface area contributed by atoms with Crippen molar-refractivity contribution in [2.45, 2.75) is 50.9 Å². The molecule has 4 unspecified atom stereocenters. The number of nitrogens with zero attached hydrogens (tertiary/aromatic N) is 1. The molecule has 190 valence electrons. The largest absolute Gasteiger partial charge is 0.480 e. The summed E-state index contributed by atoms with van der Waals surface area (Å²) in [7, 11) is 0. The lowest BCUT2D eigenvalue weighted by Crippen LogP contribution is -2.58. The fourth-order valence-electron chi connectivity index (χ4n) is 3.29. The summed E-state index contributed by atoms with van der Waals surface area (Å²) >= 11 is 0. The molecule has 12 heteroatoms. The summed E-state index contributed by atoms with van der Waals surface area (Å²) in [6, 6.07) is 4.23. The van der Waals surface area contributed by atoms with Crippen LogP contribution in [0.2, 0.25) is 0 Å². The van der Waals surface area contributed by atoms with E-state index in [1.165, 1.54) is 12.5 Å². The Morgan fingerprint density at radius 3 is 2.11 bits per heavy atom. The molecular formula is C23H32N6O6. The maximum Gasteiger partial charge on any atom is 0.326 e. The molecule has 12 nitrogen and oxygen atoms in total. The number of imidazole rings is 1. The summed E-state index contributed by atoms with van der Waals surface area (Å²) in [6.45, 7) is 2.70. The SMILES string of the molecule is CC(C)C(NC(=O)C(Cc1ccccc1)NC(=O)C(Cc1cnc[nH]1)NC(=O)C(N)CO)C(=O)O. The predicted octanol–water partition coefficient (Wildman–Crippen LogP) is -1.29. The van der Waals surface area contributed by atoms with Crippen LogP contribution in [0.5, 0.6) is 0 Å². The number of carboxylic acids is 1. The van der Waals surface area contributed by atoms with Gasteiger partial charge in [0, 0.05) is 24.7 Å². The number of rotatable bonds is 13. The Balaban J connectivity index is 2.27. The maximum atomic E-state index is 13.2. The summed E-state index contributed by atoms with van der Waals surface area (Å²) in [5.41, 5.74) is 6.84. The van der Waals surface area contributed by atoms with Crippen LogP contribution in [0, 0.1) is 5.92 Å². The highest BCUT2D eigenvalue weighted by atomic mass is 16.4. The van der Waals surface area contributed by atoms with Gasteiger partial charge in [0.25, 0.3) is 0 Å². The number of aliphatic hydroxyl groups is 1. The van der Waals surface area contributed by atoms with E-state index in [0.717, 1.165) is 5.56 Å². The van der Waals surface area contributed by atoms with E-state index in [1.54, 1.807) is 44.2 Å². The predicted molar refractivity (Wildman–Crippen MR) is 126 cm³/mol. The lowest BCUT2D eigenvalue weighted by atomic mass is 10.0. The topological polar surface area (TPSA) is 200 Å². The molecule has 1 aromatic heterocycles. The molecule has 1 heterocycles. The van der Waals surface area contributed by atoms with E-state index in [4.69, 9.17) is 10.8 Å². The number of carbonyl (C=O) groups is 4. The Hall–Kier alpha value is -3.77. The number of hydrogen-bond acceptors (Lipinski definition) is 7. The van der Waals surface area contributed by atoms with E-state index in [2.05, 4.69) is 25.9 Å². The number of aromatic nitrogens is 2. The second-order valence-electron chi connectivity index (χ2n) is 8.45. The van der Waals surface area contributed by atoms with E-state index in [-0.39, 0.29) is 12.8 Å². The van der Waals surface area contributed by atoms with Crippen LogP contribution in [0.3, 0.4) is 0 Å². The molecule has 0 bridgehead atoms. The molecular weight excluding hydrogens is 456 g/mol. The Morgan fingerprint density at radius 1 is 0.971 bits per heavy atom. The van der Waals surface area contributed by atoms with Crippen molar-refractivity contribution in [2.24, 2.45) is 11.7 Å². The third kappa shape index (κ3) is 8.50. The van der Waals surface area contributed by atoms with Crippen LogP contribution >= 0.6 is 0 Å². The average molecular weight is 489 g/mol. The van der Waals surface area contributed by atoms with Crippen molar-refractivity contribution in [3.63, 3.8) is 0 Å². The van der Waals surface area contributed by atoms with E-state index in [1.807, 2.05) is 0 Å². The zero-order valence-electron chi connectivity index (χ0n) is 19.6. The van der Waals surface area contributed by atoms with Gasteiger partial charge in [-0.05, 0) is 11.5 Å². The molecule has 8 N–H and O–H groups in total. The highest BCUT2D eigenvalue weighted by Gasteiger charge is 2.31. The number of amides is 3. The van der Waals surface area contributed by atoms with Gasteiger partial charge in [0.15, 0.2) is 0 Å². The number of aromatic amines is 1. The minimum absolute atomic E-state index is 0.0130. The van der Waals surface area contributed by atoms with Crippen molar-refractivity contribution < 1.29 is 29.4 Å². The van der Waals surface area contributed by atoms with Gasteiger partial charge in [0.2, 0.25) is 17.7 Å². The van der Waals surface area contributed by atoms with Crippen molar-refractivity contribution in [2.75, 3.05) is 6.61 Å². The highest BCUT2D eigenvalue weighted by Crippen LogP contribution is 2.08. The van der Waals surface area contributed by atoms with Gasteiger partial charge in [-0.2, -0.15) is 0 Å². The van der Waals surface area contributed by atoms with Gasteiger partial charge < -0.3 is 36.9 Å². The van der Waals surface area contributed by atoms with E-state index in [0.29, 0.717) is 5.69 Å². The summed E-state index contributed by atoms with van der Waals surface area (Å²) in [5, 5.41) is 26.2. The van der Waals surface area contributed by atoms with Crippen molar-refractivity contribution >= 4 is 23.7 Å². The van der Waals surface area contributed by atoms with E-state index < -0.39 is 60.4 Å². The van der Waals surface area contributed by atoms with Crippen LogP contribution in [0.15, 0.2) is 42.9 Å². The molecule has 35 heavy (non-hydrogen) atoms. The molecule has 0 fully saturated rings. The van der Waals surface area contributed by atoms with Crippen LogP contribution in [-0.4, -0.2) is 74.6 Å². The van der Waals surface area contributed by atoms with E-state index in [9.17, 15) is 24.3 Å². The van der Waals surface area contributed by atoms with Gasteiger partial charge in [0.05, 0.1) is 12.9 Å². The molecule has 0 saturated carbocycles. The van der Waals surface area contributed by atoms with Gasteiger partial charge in [-0.15, -0.1) is 0 Å². The van der Waals surface area contributed by atoms with Gasteiger partial charge in [-0.1, -0.05) is 44.2 Å². The molecule has 0 spiro atoms. The number of carbonyl (C=O) groups excluding carboxylic acids is 3. The molecule has 3 amide bonds. The van der Waals surface area contributed by atoms with Crippen molar-refractivity contribution in [3.05, 3.63) is 54.1 Å². The average Bonchev–Trinajstić information content (AvgIpc) is 3.34. The van der Waals surface area contributed by atoms with Crippen LogP contribution in [0.25, 0.3) is 0 Å². The second-order valence-corrected chi connectivity index (χ2v) is 8.45. The second kappa shape index (κ2) is 13.2. The monoisotopic (exact) mass is 488 g/mol. The fourth-order valence-corrected chi connectivity index (χ4v) is 3.29.